The first-order valence-corrected chi connectivity index (χ1v) is 6.94. The highest BCUT2D eigenvalue weighted by atomic mass is 15.3. The summed E-state index contributed by atoms with van der Waals surface area (Å²) >= 11 is 0. The molecule has 104 valence electrons. The van der Waals surface area contributed by atoms with Crippen LogP contribution in [0.4, 0.5) is 0 Å². The van der Waals surface area contributed by atoms with Gasteiger partial charge in [-0.1, -0.05) is 54.1 Å². The van der Waals surface area contributed by atoms with E-state index in [1.54, 1.807) is 6.20 Å². The van der Waals surface area contributed by atoms with Gasteiger partial charge in [-0.15, -0.1) is 0 Å². The molecule has 0 radical (unpaired) electrons. The van der Waals surface area contributed by atoms with E-state index < -0.39 is 0 Å². The lowest BCUT2D eigenvalue weighted by molar-refractivity contribution is 0.937. The molecule has 0 aliphatic carbocycles. The summed E-state index contributed by atoms with van der Waals surface area (Å²) < 4.78 is 0. The Bertz CT molecular complexity index is 754. The van der Waals surface area contributed by atoms with Gasteiger partial charge in [-0.3, -0.25) is 0 Å². The second-order valence-corrected chi connectivity index (χ2v) is 5.17. The zero-order valence-corrected chi connectivity index (χ0v) is 12.2. The molecule has 3 nitrogen and oxygen atoms in total. The van der Waals surface area contributed by atoms with Crippen molar-refractivity contribution in [1.29, 1.82) is 0 Å². The average Bonchev–Trinajstić information content (AvgIpc) is 2.99. The number of aryl methyl sites for hydroxylation is 2. The van der Waals surface area contributed by atoms with E-state index in [1.165, 1.54) is 22.3 Å². The van der Waals surface area contributed by atoms with E-state index in [9.17, 15) is 0 Å². The molecule has 0 saturated carbocycles. The van der Waals surface area contributed by atoms with E-state index in [1.807, 2.05) is 12.2 Å². The molecule has 2 aromatic carbocycles. The molecule has 0 fully saturated rings. The quantitative estimate of drug-likeness (QED) is 0.776. The van der Waals surface area contributed by atoms with Crippen molar-refractivity contribution in [2.24, 2.45) is 0 Å². The van der Waals surface area contributed by atoms with Crippen molar-refractivity contribution < 1.29 is 0 Å². The first kappa shape index (κ1) is 13.3. The van der Waals surface area contributed by atoms with Gasteiger partial charge in [0.2, 0.25) is 0 Å². The van der Waals surface area contributed by atoms with Crippen LogP contribution in [0.2, 0.25) is 0 Å². The molecule has 1 aromatic heterocycles. The predicted molar refractivity (Wildman–Crippen MR) is 86.7 cm³/mol. The Hall–Kier alpha value is -2.68. The van der Waals surface area contributed by atoms with E-state index in [-0.39, 0.29) is 0 Å². The molecule has 21 heavy (non-hydrogen) atoms. The number of hydrogen-bond donors (Lipinski definition) is 1. The minimum absolute atomic E-state index is 0.827. The zero-order valence-electron chi connectivity index (χ0n) is 12.2. The average molecular weight is 275 g/mol. The Balaban J connectivity index is 1.84. The Labute approximate surface area is 124 Å². The standard InChI is InChI=1S/C18H17N3/c1-13-3-10-18(14(2)11-13)16-7-4-15(5-8-16)6-9-17-12-19-21-20-17/h3-12H,1-2H3,(H,19,20,21)/b9-6+. The van der Waals surface area contributed by atoms with Gasteiger partial charge in [-0.05, 0) is 42.2 Å². The lowest BCUT2D eigenvalue weighted by atomic mass is 9.98. The van der Waals surface area contributed by atoms with Gasteiger partial charge in [0.1, 0.15) is 5.69 Å². The summed E-state index contributed by atoms with van der Waals surface area (Å²) in [5.41, 5.74) is 7.10. The number of H-pyrrole nitrogens is 1. The molecule has 0 saturated heterocycles. The van der Waals surface area contributed by atoms with Gasteiger partial charge in [0.25, 0.3) is 0 Å². The van der Waals surface area contributed by atoms with E-state index >= 15 is 0 Å². The smallest absolute Gasteiger partial charge is 0.105 e. The predicted octanol–water partition coefficient (Wildman–Crippen LogP) is 4.26. The monoisotopic (exact) mass is 275 g/mol. The second kappa shape index (κ2) is 5.75. The van der Waals surface area contributed by atoms with E-state index in [0.29, 0.717) is 0 Å². The molecule has 3 aromatic rings. The maximum Gasteiger partial charge on any atom is 0.105 e. The SMILES string of the molecule is Cc1ccc(-c2ccc(/C=C/c3cn[nH]n3)cc2)c(C)c1. The number of nitrogens with zero attached hydrogens (tertiary/aromatic N) is 2. The molecule has 0 amide bonds. The van der Waals surface area contributed by atoms with Gasteiger partial charge >= 0.3 is 0 Å². The molecule has 0 aliphatic heterocycles. The molecule has 1 N–H and O–H groups in total. The maximum atomic E-state index is 3.99. The number of aromatic amines is 1. The Morgan fingerprint density at radius 1 is 0.952 bits per heavy atom. The summed E-state index contributed by atoms with van der Waals surface area (Å²) in [5.74, 6) is 0. The van der Waals surface area contributed by atoms with Gasteiger partial charge in [0.15, 0.2) is 0 Å². The molecule has 1 heterocycles. The highest BCUT2D eigenvalue weighted by Crippen LogP contribution is 2.24. The van der Waals surface area contributed by atoms with Crippen LogP contribution in [0.25, 0.3) is 23.3 Å². The van der Waals surface area contributed by atoms with Gasteiger partial charge < -0.3 is 0 Å². The van der Waals surface area contributed by atoms with Crippen LogP contribution in [0.1, 0.15) is 22.4 Å². The van der Waals surface area contributed by atoms with Crippen molar-refractivity contribution in [2.45, 2.75) is 13.8 Å². The van der Waals surface area contributed by atoms with Crippen LogP contribution < -0.4 is 0 Å². The van der Waals surface area contributed by atoms with Crippen LogP contribution in [-0.4, -0.2) is 15.4 Å². The maximum absolute atomic E-state index is 3.99. The van der Waals surface area contributed by atoms with Gasteiger partial charge in [0.05, 0.1) is 6.20 Å². The van der Waals surface area contributed by atoms with Crippen molar-refractivity contribution in [2.75, 3.05) is 0 Å². The lowest BCUT2D eigenvalue weighted by Crippen LogP contribution is -1.85. The minimum Gasteiger partial charge on any atom is -0.197 e. The molecule has 0 bridgehead atoms. The zero-order chi connectivity index (χ0) is 14.7. The van der Waals surface area contributed by atoms with Crippen molar-refractivity contribution in [3.8, 4) is 11.1 Å². The third kappa shape index (κ3) is 3.08. The lowest BCUT2D eigenvalue weighted by Gasteiger charge is -2.07. The van der Waals surface area contributed by atoms with Crippen LogP contribution in [0.5, 0.6) is 0 Å². The fraction of sp³-hybridized carbons (Fsp3) is 0.111. The third-order valence-corrected chi connectivity index (χ3v) is 3.48. The summed E-state index contributed by atoms with van der Waals surface area (Å²) in [5, 5.41) is 10.4. The number of benzene rings is 2. The molecule has 3 heteroatoms. The third-order valence-electron chi connectivity index (χ3n) is 3.48. The number of aromatic nitrogens is 3. The van der Waals surface area contributed by atoms with Gasteiger partial charge in [-0.25, -0.2) is 0 Å². The second-order valence-electron chi connectivity index (χ2n) is 5.17. The first-order valence-electron chi connectivity index (χ1n) is 6.94. The van der Waals surface area contributed by atoms with Crippen molar-refractivity contribution in [3.05, 3.63) is 71.0 Å². The molecule has 0 aliphatic rings. The summed E-state index contributed by atoms with van der Waals surface area (Å²) in [4.78, 5) is 0. The van der Waals surface area contributed by atoms with Crippen molar-refractivity contribution >= 4 is 12.2 Å². The minimum atomic E-state index is 0.827. The Morgan fingerprint density at radius 2 is 1.76 bits per heavy atom. The number of hydrogen-bond acceptors (Lipinski definition) is 2. The molecular weight excluding hydrogens is 258 g/mol. The number of rotatable bonds is 3. The van der Waals surface area contributed by atoms with Crippen molar-refractivity contribution in [3.63, 3.8) is 0 Å². The molecule has 0 spiro atoms. The van der Waals surface area contributed by atoms with Crippen LogP contribution in [0.15, 0.2) is 48.7 Å². The Kier molecular flexibility index (Phi) is 3.65. The van der Waals surface area contributed by atoms with E-state index in [0.717, 1.165) is 11.3 Å². The Morgan fingerprint density at radius 3 is 2.43 bits per heavy atom. The van der Waals surface area contributed by atoms with Crippen LogP contribution in [-0.2, 0) is 0 Å². The van der Waals surface area contributed by atoms with E-state index in [2.05, 4.69) is 71.7 Å². The summed E-state index contributed by atoms with van der Waals surface area (Å²) in [6.07, 6.45) is 5.67. The summed E-state index contributed by atoms with van der Waals surface area (Å²) in [7, 11) is 0. The fourth-order valence-electron chi connectivity index (χ4n) is 2.38. The molecule has 0 unspecified atom stereocenters. The van der Waals surface area contributed by atoms with Crippen molar-refractivity contribution in [1.82, 2.24) is 15.4 Å². The molecular formula is C18H17N3. The molecule has 0 atom stereocenters. The highest BCUT2D eigenvalue weighted by molar-refractivity contribution is 5.72. The topological polar surface area (TPSA) is 41.6 Å². The molecule has 3 rings (SSSR count). The fourth-order valence-corrected chi connectivity index (χ4v) is 2.38. The van der Waals surface area contributed by atoms with Gasteiger partial charge in [-0.2, -0.15) is 15.4 Å². The van der Waals surface area contributed by atoms with Crippen LogP contribution in [0.3, 0.4) is 0 Å². The van der Waals surface area contributed by atoms with Gasteiger partial charge in [0, 0.05) is 0 Å². The normalized spacial score (nSPS) is 11.1. The van der Waals surface area contributed by atoms with E-state index in [4.69, 9.17) is 0 Å². The van der Waals surface area contributed by atoms with Crippen LogP contribution in [0, 0.1) is 13.8 Å². The first-order chi connectivity index (χ1) is 10.2. The summed E-state index contributed by atoms with van der Waals surface area (Å²) in [6, 6.07) is 15.1. The highest BCUT2D eigenvalue weighted by Gasteiger charge is 2.01. The van der Waals surface area contributed by atoms with Crippen LogP contribution >= 0.6 is 0 Å². The number of nitrogens with one attached hydrogen (secondary N) is 1. The summed E-state index contributed by atoms with van der Waals surface area (Å²) in [6.45, 7) is 4.27. The largest absolute Gasteiger partial charge is 0.197 e.